The van der Waals surface area contributed by atoms with E-state index >= 15 is 0 Å². The van der Waals surface area contributed by atoms with Crippen LogP contribution in [0.1, 0.15) is 25.5 Å². The summed E-state index contributed by atoms with van der Waals surface area (Å²) in [5.74, 6) is -0.679. The second-order valence-corrected chi connectivity index (χ2v) is 4.35. The van der Waals surface area contributed by atoms with E-state index in [4.69, 9.17) is 0 Å². The van der Waals surface area contributed by atoms with Crippen molar-refractivity contribution in [3.8, 4) is 11.4 Å². The summed E-state index contributed by atoms with van der Waals surface area (Å²) in [6, 6.07) is 2.16. The van der Waals surface area contributed by atoms with Gasteiger partial charge in [0.15, 0.2) is 5.82 Å². The van der Waals surface area contributed by atoms with Gasteiger partial charge in [-0.15, -0.1) is 10.2 Å². The van der Waals surface area contributed by atoms with Crippen molar-refractivity contribution in [1.29, 1.82) is 0 Å². The van der Waals surface area contributed by atoms with E-state index < -0.39 is 17.6 Å². The van der Waals surface area contributed by atoms with E-state index in [1.54, 1.807) is 13.8 Å². The number of alkyl halides is 3. The van der Waals surface area contributed by atoms with Gasteiger partial charge in [-0.05, 0) is 32.0 Å². The SMILES string of the molecule is CC(C)n1cnnc1-c1cc(C(F)(F)F)ccc1F. The minimum absolute atomic E-state index is 0.0820. The highest BCUT2D eigenvalue weighted by atomic mass is 19.4. The van der Waals surface area contributed by atoms with Gasteiger partial charge in [0.25, 0.3) is 0 Å². The van der Waals surface area contributed by atoms with E-state index in [1.165, 1.54) is 10.9 Å². The van der Waals surface area contributed by atoms with Crippen molar-refractivity contribution in [1.82, 2.24) is 14.8 Å². The number of nitrogens with zero attached hydrogens (tertiary/aromatic N) is 3. The maximum absolute atomic E-state index is 13.7. The van der Waals surface area contributed by atoms with Crippen LogP contribution in [-0.2, 0) is 6.18 Å². The molecule has 0 aliphatic heterocycles. The molecular formula is C12H11F4N3. The Bertz CT molecular complexity index is 587. The summed E-state index contributed by atoms with van der Waals surface area (Å²) in [7, 11) is 0. The first-order valence-electron chi connectivity index (χ1n) is 5.57. The van der Waals surface area contributed by atoms with Gasteiger partial charge in [0.2, 0.25) is 0 Å². The van der Waals surface area contributed by atoms with Crippen LogP contribution in [0.15, 0.2) is 24.5 Å². The number of hydrogen-bond donors (Lipinski definition) is 0. The van der Waals surface area contributed by atoms with Crippen LogP contribution in [0.4, 0.5) is 17.6 Å². The molecular weight excluding hydrogens is 262 g/mol. The second-order valence-electron chi connectivity index (χ2n) is 4.35. The Labute approximate surface area is 106 Å². The zero-order valence-corrected chi connectivity index (χ0v) is 10.2. The molecule has 1 aromatic carbocycles. The number of aromatic nitrogens is 3. The highest BCUT2D eigenvalue weighted by Crippen LogP contribution is 2.33. The van der Waals surface area contributed by atoms with Crippen molar-refractivity contribution in [2.75, 3.05) is 0 Å². The lowest BCUT2D eigenvalue weighted by atomic mass is 10.1. The van der Waals surface area contributed by atoms with Gasteiger partial charge in [0, 0.05) is 6.04 Å². The summed E-state index contributed by atoms with van der Waals surface area (Å²) in [6.07, 6.45) is -3.16. The van der Waals surface area contributed by atoms with E-state index in [-0.39, 0.29) is 17.4 Å². The molecule has 1 heterocycles. The molecule has 0 aliphatic rings. The lowest BCUT2D eigenvalue weighted by molar-refractivity contribution is -0.137. The van der Waals surface area contributed by atoms with Crippen LogP contribution in [0, 0.1) is 5.82 Å². The lowest BCUT2D eigenvalue weighted by Gasteiger charge is -2.12. The largest absolute Gasteiger partial charge is 0.416 e. The molecule has 0 saturated heterocycles. The third-order valence-corrected chi connectivity index (χ3v) is 2.66. The first-order valence-corrected chi connectivity index (χ1v) is 5.57. The highest BCUT2D eigenvalue weighted by molar-refractivity contribution is 5.57. The third-order valence-electron chi connectivity index (χ3n) is 2.66. The minimum atomic E-state index is -4.52. The van der Waals surface area contributed by atoms with Gasteiger partial charge in [-0.2, -0.15) is 13.2 Å². The summed E-state index contributed by atoms with van der Waals surface area (Å²) >= 11 is 0. The Morgan fingerprint density at radius 1 is 1.21 bits per heavy atom. The van der Waals surface area contributed by atoms with Crippen LogP contribution in [0.5, 0.6) is 0 Å². The van der Waals surface area contributed by atoms with Crippen LogP contribution in [0.3, 0.4) is 0 Å². The summed E-state index contributed by atoms with van der Waals surface area (Å²) in [6.45, 7) is 3.61. The molecule has 0 saturated carbocycles. The zero-order valence-electron chi connectivity index (χ0n) is 10.2. The maximum Gasteiger partial charge on any atom is 0.416 e. The first kappa shape index (κ1) is 13.5. The molecule has 2 aromatic rings. The molecule has 0 aliphatic carbocycles. The van der Waals surface area contributed by atoms with Gasteiger partial charge < -0.3 is 4.57 Å². The molecule has 0 atom stereocenters. The molecule has 0 bridgehead atoms. The quantitative estimate of drug-likeness (QED) is 0.781. The van der Waals surface area contributed by atoms with E-state index in [1.807, 2.05) is 0 Å². The monoisotopic (exact) mass is 273 g/mol. The minimum Gasteiger partial charge on any atom is -0.311 e. The third kappa shape index (κ3) is 2.59. The average Bonchev–Trinajstić information content (AvgIpc) is 2.76. The lowest BCUT2D eigenvalue weighted by Crippen LogP contribution is -2.07. The molecule has 7 heteroatoms. The van der Waals surface area contributed by atoms with Crippen LogP contribution in [0.25, 0.3) is 11.4 Å². The van der Waals surface area contributed by atoms with Gasteiger partial charge in [-0.3, -0.25) is 0 Å². The van der Waals surface area contributed by atoms with E-state index in [0.717, 1.165) is 12.1 Å². The molecule has 19 heavy (non-hydrogen) atoms. The maximum atomic E-state index is 13.7. The number of hydrogen-bond acceptors (Lipinski definition) is 2. The molecule has 0 N–H and O–H groups in total. The number of benzene rings is 1. The molecule has 0 radical (unpaired) electrons. The van der Waals surface area contributed by atoms with Crippen LogP contribution in [0.2, 0.25) is 0 Å². The molecule has 1 aromatic heterocycles. The van der Waals surface area contributed by atoms with Gasteiger partial charge in [0.05, 0.1) is 11.1 Å². The first-order chi connectivity index (χ1) is 8.80. The fraction of sp³-hybridized carbons (Fsp3) is 0.333. The van der Waals surface area contributed by atoms with Crippen LogP contribution < -0.4 is 0 Å². The smallest absolute Gasteiger partial charge is 0.311 e. The Hall–Kier alpha value is -1.92. The Balaban J connectivity index is 2.58. The van der Waals surface area contributed by atoms with Gasteiger partial charge in [-0.1, -0.05) is 0 Å². The molecule has 0 fully saturated rings. The van der Waals surface area contributed by atoms with Gasteiger partial charge >= 0.3 is 6.18 Å². The van der Waals surface area contributed by atoms with E-state index in [9.17, 15) is 17.6 Å². The van der Waals surface area contributed by atoms with Crippen LogP contribution in [-0.4, -0.2) is 14.8 Å². The van der Waals surface area contributed by atoms with Crippen molar-refractivity contribution in [3.05, 3.63) is 35.9 Å². The molecule has 2 rings (SSSR count). The van der Waals surface area contributed by atoms with Crippen molar-refractivity contribution in [2.24, 2.45) is 0 Å². The van der Waals surface area contributed by atoms with Crippen molar-refractivity contribution >= 4 is 0 Å². The molecule has 0 unspecified atom stereocenters. The molecule has 3 nitrogen and oxygen atoms in total. The van der Waals surface area contributed by atoms with E-state index in [2.05, 4.69) is 10.2 Å². The summed E-state index contributed by atoms with van der Waals surface area (Å²) < 4.78 is 53.1. The van der Waals surface area contributed by atoms with Crippen LogP contribution >= 0.6 is 0 Å². The standard InChI is InChI=1S/C12H11F4N3/c1-7(2)19-6-17-18-11(19)9-5-8(12(14,15)16)3-4-10(9)13/h3-7H,1-2H3. The Morgan fingerprint density at radius 3 is 2.47 bits per heavy atom. The molecule has 0 spiro atoms. The predicted octanol–water partition coefficient (Wildman–Crippen LogP) is 3.68. The summed E-state index contributed by atoms with van der Waals surface area (Å²) in [5.41, 5.74) is -1.12. The summed E-state index contributed by atoms with van der Waals surface area (Å²) in [5, 5.41) is 7.32. The highest BCUT2D eigenvalue weighted by Gasteiger charge is 2.31. The van der Waals surface area contributed by atoms with Gasteiger partial charge in [-0.25, -0.2) is 4.39 Å². The Morgan fingerprint density at radius 2 is 1.89 bits per heavy atom. The number of rotatable bonds is 2. The van der Waals surface area contributed by atoms with E-state index in [0.29, 0.717) is 6.07 Å². The fourth-order valence-corrected chi connectivity index (χ4v) is 1.69. The zero-order chi connectivity index (χ0) is 14.2. The van der Waals surface area contributed by atoms with Crippen molar-refractivity contribution in [3.63, 3.8) is 0 Å². The second kappa shape index (κ2) is 4.64. The summed E-state index contributed by atoms with van der Waals surface area (Å²) in [4.78, 5) is 0. The fourth-order valence-electron chi connectivity index (χ4n) is 1.69. The average molecular weight is 273 g/mol. The Kier molecular flexibility index (Phi) is 3.30. The predicted molar refractivity (Wildman–Crippen MR) is 60.8 cm³/mol. The number of halogens is 4. The molecule has 0 amide bonds. The normalized spacial score (nSPS) is 12.2. The van der Waals surface area contributed by atoms with Gasteiger partial charge in [0.1, 0.15) is 12.1 Å². The van der Waals surface area contributed by atoms with Crippen molar-refractivity contribution in [2.45, 2.75) is 26.1 Å². The topological polar surface area (TPSA) is 30.7 Å². The van der Waals surface area contributed by atoms with Crippen molar-refractivity contribution < 1.29 is 17.6 Å². The molecule has 102 valence electrons.